The number of aliphatic carboxylic acids is 1. The predicted octanol–water partition coefficient (Wildman–Crippen LogP) is 6.67. The molecule has 0 bridgehead atoms. The van der Waals surface area contributed by atoms with Crippen LogP contribution in [0.1, 0.15) is 42.0 Å². The van der Waals surface area contributed by atoms with E-state index in [9.17, 15) is 14.7 Å². The normalized spacial score (nSPS) is 14.8. The summed E-state index contributed by atoms with van der Waals surface area (Å²) >= 11 is 2.74. The van der Waals surface area contributed by atoms with E-state index < -0.39 is 17.5 Å². The van der Waals surface area contributed by atoms with Gasteiger partial charge in [0.2, 0.25) is 0 Å². The average Bonchev–Trinajstić information content (AvgIpc) is 3.40. The Morgan fingerprint density at radius 1 is 1.09 bits per heavy atom. The molecule has 4 aromatic rings. The summed E-state index contributed by atoms with van der Waals surface area (Å²) in [6.07, 6.45) is 2.09. The Balaban J connectivity index is 1.31. The van der Waals surface area contributed by atoms with Gasteiger partial charge in [0.1, 0.15) is 16.5 Å². The maximum absolute atomic E-state index is 12.6. The predicted molar refractivity (Wildman–Crippen MR) is 137 cm³/mol. The van der Waals surface area contributed by atoms with Crippen LogP contribution < -0.4 is 5.32 Å². The van der Waals surface area contributed by atoms with Crippen molar-refractivity contribution < 1.29 is 19.4 Å². The van der Waals surface area contributed by atoms with Crippen molar-refractivity contribution in [3.8, 4) is 21.0 Å². The molecule has 35 heavy (non-hydrogen) atoms. The molecule has 1 saturated carbocycles. The van der Waals surface area contributed by atoms with Crippen molar-refractivity contribution in [3.63, 3.8) is 0 Å². The SMILES string of the molecule is Cc1nsc(-c2ccc(-c3ncc(C4(C(=O)O)CC4)s3)cc2)c1NC(=O)OC(C)c1ccccc1. The number of hydrogen-bond donors (Lipinski definition) is 2. The number of carboxylic acid groups (broad SMARTS) is 1. The average molecular weight is 506 g/mol. The van der Waals surface area contributed by atoms with E-state index in [4.69, 9.17) is 4.74 Å². The number of benzene rings is 2. The molecule has 1 fully saturated rings. The minimum atomic E-state index is -0.777. The molecule has 5 rings (SSSR count). The second-order valence-electron chi connectivity index (χ2n) is 8.55. The van der Waals surface area contributed by atoms with Gasteiger partial charge in [-0.05, 0) is 49.3 Å². The molecular weight excluding hydrogens is 482 g/mol. The third-order valence-electron chi connectivity index (χ3n) is 6.17. The molecule has 1 aliphatic rings. The summed E-state index contributed by atoms with van der Waals surface area (Å²) in [5.74, 6) is -0.777. The molecule has 0 spiro atoms. The van der Waals surface area contributed by atoms with Crippen molar-refractivity contribution in [2.75, 3.05) is 5.32 Å². The number of ether oxygens (including phenoxy) is 1. The zero-order chi connectivity index (χ0) is 24.6. The van der Waals surface area contributed by atoms with E-state index in [1.807, 2.05) is 68.4 Å². The Morgan fingerprint density at radius 2 is 1.77 bits per heavy atom. The molecule has 1 atom stereocenters. The lowest BCUT2D eigenvalue weighted by molar-refractivity contribution is -0.139. The highest BCUT2D eigenvalue weighted by molar-refractivity contribution is 7.15. The van der Waals surface area contributed by atoms with Gasteiger partial charge in [0.25, 0.3) is 0 Å². The Kier molecular flexibility index (Phi) is 6.12. The lowest BCUT2D eigenvalue weighted by Crippen LogP contribution is -2.17. The number of thiazole rings is 1. The molecule has 0 saturated heterocycles. The zero-order valence-corrected chi connectivity index (χ0v) is 20.8. The fourth-order valence-electron chi connectivity index (χ4n) is 3.88. The van der Waals surface area contributed by atoms with E-state index in [2.05, 4.69) is 14.7 Å². The van der Waals surface area contributed by atoms with E-state index in [0.29, 0.717) is 24.2 Å². The number of carbonyl (C=O) groups is 2. The van der Waals surface area contributed by atoms with Crippen LogP contribution in [-0.4, -0.2) is 26.5 Å². The topological polar surface area (TPSA) is 101 Å². The molecule has 1 aliphatic carbocycles. The summed E-state index contributed by atoms with van der Waals surface area (Å²) in [5.41, 5.74) is 3.33. The van der Waals surface area contributed by atoms with Gasteiger partial charge in [-0.25, -0.2) is 9.78 Å². The molecule has 9 heteroatoms. The summed E-state index contributed by atoms with van der Waals surface area (Å²) in [6.45, 7) is 3.68. The molecule has 2 N–H and O–H groups in total. The van der Waals surface area contributed by atoms with E-state index in [1.165, 1.54) is 22.9 Å². The van der Waals surface area contributed by atoms with Gasteiger partial charge in [0.05, 0.1) is 16.3 Å². The number of carboxylic acids is 1. The van der Waals surface area contributed by atoms with Gasteiger partial charge in [-0.3, -0.25) is 10.1 Å². The number of carbonyl (C=O) groups excluding carboxylic acids is 1. The molecular formula is C26H23N3O4S2. The molecule has 1 amide bonds. The van der Waals surface area contributed by atoms with Gasteiger partial charge in [0.15, 0.2) is 0 Å². The second kappa shape index (κ2) is 9.24. The summed E-state index contributed by atoms with van der Waals surface area (Å²) in [5, 5.41) is 13.2. The Morgan fingerprint density at radius 3 is 2.43 bits per heavy atom. The number of nitrogens with one attached hydrogen (secondary N) is 1. The van der Waals surface area contributed by atoms with Crippen LogP contribution in [0.3, 0.4) is 0 Å². The third kappa shape index (κ3) is 4.56. The zero-order valence-electron chi connectivity index (χ0n) is 19.1. The molecule has 178 valence electrons. The van der Waals surface area contributed by atoms with Crippen LogP contribution >= 0.6 is 22.9 Å². The number of anilines is 1. The maximum Gasteiger partial charge on any atom is 0.412 e. The number of hydrogen-bond acceptors (Lipinski definition) is 7. The van der Waals surface area contributed by atoms with Crippen molar-refractivity contribution in [3.05, 3.63) is 76.9 Å². The molecule has 0 radical (unpaired) electrons. The van der Waals surface area contributed by atoms with Crippen LogP contribution in [0, 0.1) is 6.92 Å². The molecule has 2 aromatic carbocycles. The quantitative estimate of drug-likeness (QED) is 0.291. The standard InChI is InChI=1S/C26H23N3O4S2/c1-15-21(28-25(32)33-16(2)17-6-4-3-5-7-17)22(35-29-15)18-8-10-19(11-9-18)23-27-14-20(34-23)26(12-13-26)24(30)31/h3-11,14,16H,12-13H2,1-2H3,(H,28,32)(H,30,31). The van der Waals surface area contributed by atoms with Gasteiger partial charge in [-0.15, -0.1) is 11.3 Å². The van der Waals surface area contributed by atoms with Crippen LogP contribution in [-0.2, 0) is 14.9 Å². The monoisotopic (exact) mass is 505 g/mol. The van der Waals surface area contributed by atoms with Gasteiger partial charge in [0, 0.05) is 16.6 Å². The molecule has 2 aromatic heterocycles. The summed E-state index contributed by atoms with van der Waals surface area (Å²) < 4.78 is 9.99. The highest BCUT2D eigenvalue weighted by Crippen LogP contribution is 2.51. The van der Waals surface area contributed by atoms with Gasteiger partial charge in [-0.2, -0.15) is 4.37 Å². The minimum absolute atomic E-state index is 0.384. The number of nitrogens with zero attached hydrogens (tertiary/aromatic N) is 2. The lowest BCUT2D eigenvalue weighted by Gasteiger charge is -2.14. The highest BCUT2D eigenvalue weighted by Gasteiger charge is 2.53. The van der Waals surface area contributed by atoms with E-state index in [0.717, 1.165) is 31.5 Å². The fourth-order valence-corrected chi connectivity index (χ4v) is 5.89. The number of amides is 1. The van der Waals surface area contributed by atoms with Crippen LogP contribution in [0.4, 0.5) is 10.5 Å². The van der Waals surface area contributed by atoms with Crippen LogP contribution in [0.25, 0.3) is 21.0 Å². The molecule has 2 heterocycles. The summed E-state index contributed by atoms with van der Waals surface area (Å²) in [6, 6.07) is 17.4. The third-order valence-corrected chi connectivity index (χ3v) is 8.41. The van der Waals surface area contributed by atoms with Crippen molar-refractivity contribution in [1.29, 1.82) is 0 Å². The van der Waals surface area contributed by atoms with Crippen molar-refractivity contribution >= 4 is 40.6 Å². The Hall–Kier alpha value is -3.56. The van der Waals surface area contributed by atoms with Crippen molar-refractivity contribution in [2.45, 2.75) is 38.2 Å². The Bertz CT molecular complexity index is 1380. The van der Waals surface area contributed by atoms with Crippen LogP contribution in [0.5, 0.6) is 0 Å². The van der Waals surface area contributed by atoms with Crippen LogP contribution in [0.2, 0.25) is 0 Å². The van der Waals surface area contributed by atoms with E-state index in [-0.39, 0.29) is 6.10 Å². The molecule has 1 unspecified atom stereocenters. The first-order valence-electron chi connectivity index (χ1n) is 11.2. The number of aryl methyl sites for hydroxylation is 1. The van der Waals surface area contributed by atoms with Gasteiger partial charge in [-0.1, -0.05) is 54.6 Å². The van der Waals surface area contributed by atoms with Crippen molar-refractivity contribution in [1.82, 2.24) is 9.36 Å². The first-order valence-corrected chi connectivity index (χ1v) is 12.8. The smallest absolute Gasteiger partial charge is 0.412 e. The summed E-state index contributed by atoms with van der Waals surface area (Å²) in [7, 11) is 0. The highest BCUT2D eigenvalue weighted by atomic mass is 32.1. The van der Waals surface area contributed by atoms with E-state index >= 15 is 0 Å². The number of aromatic nitrogens is 2. The molecule has 7 nitrogen and oxygen atoms in total. The van der Waals surface area contributed by atoms with Gasteiger partial charge >= 0.3 is 12.1 Å². The Labute approximate surface area is 210 Å². The largest absolute Gasteiger partial charge is 0.481 e. The van der Waals surface area contributed by atoms with Gasteiger partial charge < -0.3 is 9.84 Å². The first kappa shape index (κ1) is 23.2. The number of rotatable bonds is 7. The van der Waals surface area contributed by atoms with E-state index in [1.54, 1.807) is 6.20 Å². The molecule has 0 aliphatic heterocycles. The van der Waals surface area contributed by atoms with Crippen LogP contribution in [0.15, 0.2) is 60.8 Å². The van der Waals surface area contributed by atoms with Crippen molar-refractivity contribution in [2.24, 2.45) is 0 Å². The maximum atomic E-state index is 12.6. The minimum Gasteiger partial charge on any atom is -0.481 e. The second-order valence-corrected chi connectivity index (χ2v) is 10.4. The summed E-state index contributed by atoms with van der Waals surface area (Å²) in [4.78, 5) is 30.3. The lowest BCUT2D eigenvalue weighted by atomic mass is 10.1. The fraction of sp³-hybridized carbons (Fsp3) is 0.231. The first-order chi connectivity index (χ1) is 16.9.